The van der Waals surface area contributed by atoms with Crippen molar-refractivity contribution in [2.24, 2.45) is 0 Å². The van der Waals surface area contributed by atoms with Crippen LogP contribution in [0.5, 0.6) is 0 Å². The van der Waals surface area contributed by atoms with Crippen LogP contribution < -0.4 is 0 Å². The number of aromatic amines is 1. The van der Waals surface area contributed by atoms with Crippen molar-refractivity contribution >= 4 is 23.3 Å². The molecule has 1 aliphatic heterocycles. The van der Waals surface area contributed by atoms with Crippen LogP contribution in [0.25, 0.3) is 11.0 Å². The lowest BCUT2D eigenvalue weighted by molar-refractivity contribution is 0.0108. The van der Waals surface area contributed by atoms with Crippen molar-refractivity contribution in [3.63, 3.8) is 0 Å². The van der Waals surface area contributed by atoms with Crippen LogP contribution in [0.2, 0.25) is 0 Å². The van der Waals surface area contributed by atoms with Gasteiger partial charge in [-0.2, -0.15) is 0 Å². The van der Waals surface area contributed by atoms with Crippen LogP contribution in [0.15, 0.2) is 24.3 Å². The average molecular weight is 248 g/mol. The zero-order valence-electron chi connectivity index (χ0n) is 9.90. The Bertz CT molecular complexity index is 593. The third-order valence-electron chi connectivity index (χ3n) is 3.55. The van der Waals surface area contributed by atoms with Gasteiger partial charge < -0.3 is 14.3 Å². The fraction of sp³-hybridized carbons (Fsp3) is 0.462. The minimum absolute atomic E-state index is 0.0189. The zero-order valence-corrected chi connectivity index (χ0v) is 10.7. The molecule has 3 nitrogen and oxygen atoms in total. The number of H-pyrrole nitrogens is 1. The second-order valence-electron chi connectivity index (χ2n) is 4.94. The molecule has 1 fully saturated rings. The standard InChI is InChI=1S/C13H16N2OS/c1-13(7-4-8-16-9-13)15-11-6-3-2-5-10(11)14-12(15)17/h2-3,5-6H,4,7-9H2,1H3,(H,14,17). The molecule has 1 aromatic carbocycles. The number of ether oxygens (including phenoxy) is 1. The van der Waals surface area contributed by atoms with E-state index in [2.05, 4.69) is 34.7 Å². The van der Waals surface area contributed by atoms with Gasteiger partial charge in [-0.05, 0) is 44.1 Å². The molecule has 1 aromatic heterocycles. The second-order valence-corrected chi connectivity index (χ2v) is 5.32. The summed E-state index contributed by atoms with van der Waals surface area (Å²) in [6.45, 7) is 3.83. The molecule has 0 spiro atoms. The number of aromatic nitrogens is 2. The Kier molecular flexibility index (Phi) is 2.56. The van der Waals surface area contributed by atoms with Gasteiger partial charge in [0, 0.05) is 6.61 Å². The van der Waals surface area contributed by atoms with Crippen LogP contribution in [0.4, 0.5) is 0 Å². The van der Waals surface area contributed by atoms with Gasteiger partial charge in [0.2, 0.25) is 0 Å². The highest BCUT2D eigenvalue weighted by Crippen LogP contribution is 2.30. The Hall–Kier alpha value is -1.13. The summed E-state index contributed by atoms with van der Waals surface area (Å²) in [7, 11) is 0. The van der Waals surface area contributed by atoms with Crippen LogP contribution >= 0.6 is 12.2 Å². The Morgan fingerprint density at radius 3 is 3.00 bits per heavy atom. The SMILES string of the molecule is CC1(n2c(=S)[nH]c3ccccc32)CCCOC1. The third-order valence-corrected chi connectivity index (χ3v) is 3.83. The van der Waals surface area contributed by atoms with Gasteiger partial charge >= 0.3 is 0 Å². The average Bonchev–Trinajstić information content (AvgIpc) is 2.66. The summed E-state index contributed by atoms with van der Waals surface area (Å²) in [5, 5.41) is 0. The van der Waals surface area contributed by atoms with E-state index in [1.54, 1.807) is 0 Å². The Morgan fingerprint density at radius 1 is 1.41 bits per heavy atom. The topological polar surface area (TPSA) is 29.9 Å². The molecule has 1 N–H and O–H groups in total. The van der Waals surface area contributed by atoms with Crippen molar-refractivity contribution in [1.82, 2.24) is 9.55 Å². The monoisotopic (exact) mass is 248 g/mol. The van der Waals surface area contributed by atoms with Crippen molar-refractivity contribution < 1.29 is 4.74 Å². The van der Waals surface area contributed by atoms with Crippen molar-refractivity contribution in [2.75, 3.05) is 13.2 Å². The van der Waals surface area contributed by atoms with E-state index < -0.39 is 0 Å². The number of para-hydroxylation sites is 2. The van der Waals surface area contributed by atoms with Gasteiger partial charge in [-0.25, -0.2) is 0 Å². The summed E-state index contributed by atoms with van der Waals surface area (Å²) in [4.78, 5) is 3.27. The fourth-order valence-corrected chi connectivity index (χ4v) is 3.12. The second kappa shape index (κ2) is 3.96. The van der Waals surface area contributed by atoms with E-state index in [9.17, 15) is 0 Å². The molecule has 0 aliphatic carbocycles. The number of hydrogen-bond donors (Lipinski definition) is 1. The van der Waals surface area contributed by atoms with Gasteiger partial charge in [-0.15, -0.1) is 0 Å². The number of rotatable bonds is 1. The van der Waals surface area contributed by atoms with Crippen molar-refractivity contribution in [3.05, 3.63) is 29.0 Å². The maximum atomic E-state index is 5.63. The molecule has 1 atom stereocenters. The molecule has 0 saturated carbocycles. The molecule has 1 aliphatic rings. The summed E-state index contributed by atoms with van der Waals surface area (Å²) in [6.07, 6.45) is 2.21. The summed E-state index contributed by atoms with van der Waals surface area (Å²) in [5.41, 5.74) is 2.25. The van der Waals surface area contributed by atoms with E-state index in [0.29, 0.717) is 0 Å². The lowest BCUT2D eigenvalue weighted by Crippen LogP contribution is -2.39. The summed E-state index contributed by atoms with van der Waals surface area (Å²) in [5.74, 6) is 0. The summed E-state index contributed by atoms with van der Waals surface area (Å²) >= 11 is 5.46. The van der Waals surface area contributed by atoms with E-state index in [0.717, 1.165) is 36.3 Å². The Balaban J connectivity index is 2.22. The van der Waals surface area contributed by atoms with Crippen LogP contribution in [-0.4, -0.2) is 22.8 Å². The van der Waals surface area contributed by atoms with Gasteiger partial charge in [0.25, 0.3) is 0 Å². The first kappa shape index (κ1) is 11.0. The molecule has 4 heteroatoms. The fourth-order valence-electron chi connectivity index (χ4n) is 2.69. The first-order valence-corrected chi connectivity index (χ1v) is 6.40. The quantitative estimate of drug-likeness (QED) is 0.785. The molecule has 1 saturated heterocycles. The molecule has 17 heavy (non-hydrogen) atoms. The predicted octanol–water partition coefficient (Wildman–Crippen LogP) is 3.22. The van der Waals surface area contributed by atoms with E-state index in [1.807, 2.05) is 6.07 Å². The minimum Gasteiger partial charge on any atom is -0.379 e. The van der Waals surface area contributed by atoms with Gasteiger partial charge in [-0.3, -0.25) is 0 Å². The zero-order chi connectivity index (χ0) is 11.9. The van der Waals surface area contributed by atoms with E-state index in [-0.39, 0.29) is 5.54 Å². The van der Waals surface area contributed by atoms with Crippen LogP contribution in [-0.2, 0) is 10.3 Å². The van der Waals surface area contributed by atoms with Gasteiger partial charge in [0.05, 0.1) is 23.2 Å². The Labute approximate surface area is 105 Å². The predicted molar refractivity (Wildman–Crippen MR) is 70.8 cm³/mol. The van der Waals surface area contributed by atoms with Gasteiger partial charge in [0.1, 0.15) is 0 Å². The maximum Gasteiger partial charge on any atom is 0.178 e. The van der Waals surface area contributed by atoms with Gasteiger partial charge in [0.15, 0.2) is 4.77 Å². The molecule has 2 heterocycles. The van der Waals surface area contributed by atoms with Crippen molar-refractivity contribution in [2.45, 2.75) is 25.3 Å². The van der Waals surface area contributed by atoms with E-state index in [1.165, 1.54) is 5.52 Å². The molecule has 0 amide bonds. The number of imidazole rings is 1. The van der Waals surface area contributed by atoms with E-state index >= 15 is 0 Å². The number of nitrogens with zero attached hydrogens (tertiary/aromatic N) is 1. The highest BCUT2D eigenvalue weighted by molar-refractivity contribution is 7.71. The van der Waals surface area contributed by atoms with Crippen LogP contribution in [0.1, 0.15) is 19.8 Å². The minimum atomic E-state index is -0.0189. The summed E-state index contributed by atoms with van der Waals surface area (Å²) in [6, 6.07) is 8.25. The van der Waals surface area contributed by atoms with Crippen molar-refractivity contribution in [1.29, 1.82) is 0 Å². The maximum absolute atomic E-state index is 5.63. The number of nitrogens with one attached hydrogen (secondary N) is 1. The van der Waals surface area contributed by atoms with Gasteiger partial charge in [-0.1, -0.05) is 12.1 Å². The Morgan fingerprint density at radius 2 is 2.24 bits per heavy atom. The molecular weight excluding hydrogens is 232 g/mol. The molecular formula is C13H16N2OS. The molecule has 3 rings (SSSR count). The molecule has 2 aromatic rings. The molecule has 0 radical (unpaired) electrons. The molecule has 1 unspecified atom stereocenters. The highest BCUT2D eigenvalue weighted by Gasteiger charge is 2.31. The lowest BCUT2D eigenvalue weighted by Gasteiger charge is -2.35. The summed E-state index contributed by atoms with van der Waals surface area (Å²) < 4.78 is 8.64. The highest BCUT2D eigenvalue weighted by atomic mass is 32.1. The van der Waals surface area contributed by atoms with E-state index in [4.69, 9.17) is 17.0 Å². The molecule has 0 bridgehead atoms. The largest absolute Gasteiger partial charge is 0.379 e. The van der Waals surface area contributed by atoms with Crippen LogP contribution in [0, 0.1) is 4.77 Å². The van der Waals surface area contributed by atoms with Crippen LogP contribution in [0.3, 0.4) is 0 Å². The van der Waals surface area contributed by atoms with Crippen molar-refractivity contribution in [3.8, 4) is 0 Å². The number of fused-ring (bicyclic) bond motifs is 1. The smallest absolute Gasteiger partial charge is 0.178 e. The number of hydrogen-bond acceptors (Lipinski definition) is 2. The number of benzene rings is 1. The molecule has 90 valence electrons. The third kappa shape index (κ3) is 1.72. The first-order valence-electron chi connectivity index (χ1n) is 5.99. The lowest BCUT2D eigenvalue weighted by atomic mass is 9.94. The normalized spacial score (nSPS) is 25.2. The first-order chi connectivity index (χ1) is 8.21.